The maximum atomic E-state index is 14.0. The second kappa shape index (κ2) is 6.02. The molecule has 0 aromatic heterocycles. The number of alkyl carbamates (subject to hydrolysis) is 1. The van der Waals surface area contributed by atoms with Gasteiger partial charge in [-0.1, -0.05) is 48.5 Å². The van der Waals surface area contributed by atoms with E-state index in [0.29, 0.717) is 0 Å². The summed E-state index contributed by atoms with van der Waals surface area (Å²) in [7, 11) is 0. The number of aliphatic carboxylic acids is 1. The van der Waals surface area contributed by atoms with E-state index in [-0.39, 0.29) is 25.4 Å². The molecule has 3 aliphatic rings. The van der Waals surface area contributed by atoms with Crippen LogP contribution in [0.25, 0.3) is 11.1 Å². The lowest BCUT2D eigenvalue weighted by Crippen LogP contribution is -2.49. The standard InChI is InChI=1S/C22H19F2NO4/c23-21(24)10-9-17-18(21)22(17,19(26)27)25-20(28)29-11-16-14-7-3-1-5-12(14)13-6-2-4-8-15(13)16/h1-8,16-18H,9-11H2,(H,25,28)(H,26,27). The van der Waals surface area contributed by atoms with E-state index < -0.39 is 35.4 Å². The number of amides is 1. The summed E-state index contributed by atoms with van der Waals surface area (Å²) in [6, 6.07) is 15.6. The van der Waals surface area contributed by atoms with Crippen LogP contribution in [-0.2, 0) is 9.53 Å². The number of carbonyl (C=O) groups is 2. The number of carboxylic acid groups (broad SMARTS) is 1. The van der Waals surface area contributed by atoms with Crippen LogP contribution in [-0.4, -0.2) is 35.2 Å². The number of fused-ring (bicyclic) bond motifs is 4. The minimum atomic E-state index is -3.08. The van der Waals surface area contributed by atoms with Crippen molar-refractivity contribution in [2.75, 3.05) is 6.61 Å². The lowest BCUT2D eigenvalue weighted by Gasteiger charge is -2.22. The van der Waals surface area contributed by atoms with Crippen molar-refractivity contribution in [1.82, 2.24) is 5.32 Å². The highest BCUT2D eigenvalue weighted by Gasteiger charge is 2.82. The number of rotatable bonds is 4. The average Bonchev–Trinajstić information content (AvgIpc) is 3.08. The largest absolute Gasteiger partial charge is 0.479 e. The second-order valence-corrected chi connectivity index (χ2v) is 8.01. The molecule has 0 spiro atoms. The highest BCUT2D eigenvalue weighted by Crippen LogP contribution is 2.67. The summed E-state index contributed by atoms with van der Waals surface area (Å²) in [6.45, 7) is 0.00128. The van der Waals surface area contributed by atoms with Gasteiger partial charge in [0, 0.05) is 18.3 Å². The molecule has 150 valence electrons. The number of carboxylic acids is 1. The van der Waals surface area contributed by atoms with Gasteiger partial charge in [-0.3, -0.25) is 0 Å². The van der Waals surface area contributed by atoms with Crippen molar-refractivity contribution in [3.63, 3.8) is 0 Å². The topological polar surface area (TPSA) is 75.6 Å². The fourth-order valence-electron chi connectivity index (χ4n) is 5.30. The number of ether oxygens (including phenoxy) is 1. The van der Waals surface area contributed by atoms with Crippen LogP contribution in [0.1, 0.15) is 29.9 Å². The Morgan fingerprint density at radius 1 is 1.07 bits per heavy atom. The minimum Gasteiger partial charge on any atom is -0.479 e. The summed E-state index contributed by atoms with van der Waals surface area (Å²) in [5.41, 5.74) is 2.24. The lowest BCUT2D eigenvalue weighted by atomic mass is 9.98. The smallest absolute Gasteiger partial charge is 0.408 e. The molecular formula is C22H19F2NO4. The molecule has 3 atom stereocenters. The Kier molecular flexibility index (Phi) is 3.75. The Balaban J connectivity index is 1.33. The van der Waals surface area contributed by atoms with Crippen molar-refractivity contribution >= 4 is 12.1 Å². The second-order valence-electron chi connectivity index (χ2n) is 8.01. The van der Waals surface area contributed by atoms with E-state index in [0.717, 1.165) is 22.3 Å². The fourth-order valence-corrected chi connectivity index (χ4v) is 5.30. The highest BCUT2D eigenvalue weighted by atomic mass is 19.3. The minimum absolute atomic E-state index is 0.00128. The van der Waals surface area contributed by atoms with Crippen LogP contribution in [0.5, 0.6) is 0 Å². The van der Waals surface area contributed by atoms with Crippen molar-refractivity contribution in [2.45, 2.75) is 30.2 Å². The van der Waals surface area contributed by atoms with Crippen LogP contribution in [0, 0.1) is 11.8 Å². The normalized spacial score (nSPS) is 28.2. The molecule has 3 unspecified atom stereocenters. The number of carbonyl (C=O) groups excluding carboxylic acids is 1. The molecule has 1 amide bonds. The highest BCUT2D eigenvalue weighted by molar-refractivity contribution is 5.90. The Morgan fingerprint density at radius 3 is 2.17 bits per heavy atom. The van der Waals surface area contributed by atoms with Gasteiger partial charge in [-0.25, -0.2) is 18.4 Å². The predicted octanol–water partition coefficient (Wildman–Crippen LogP) is 4.02. The molecule has 0 saturated heterocycles. The third-order valence-corrected chi connectivity index (χ3v) is 6.62. The van der Waals surface area contributed by atoms with E-state index in [2.05, 4.69) is 5.32 Å². The number of benzene rings is 2. The number of hydrogen-bond donors (Lipinski definition) is 2. The van der Waals surface area contributed by atoms with Crippen molar-refractivity contribution in [2.24, 2.45) is 11.8 Å². The first-order valence-electron chi connectivity index (χ1n) is 9.60. The van der Waals surface area contributed by atoms with Gasteiger partial charge >= 0.3 is 12.1 Å². The Labute approximate surface area is 165 Å². The zero-order valence-electron chi connectivity index (χ0n) is 15.4. The number of nitrogens with one attached hydrogen (secondary N) is 1. The van der Waals surface area contributed by atoms with Crippen LogP contribution in [0.15, 0.2) is 48.5 Å². The first-order chi connectivity index (χ1) is 13.9. The predicted molar refractivity (Wildman–Crippen MR) is 99.7 cm³/mol. The maximum absolute atomic E-state index is 14.0. The van der Waals surface area contributed by atoms with Gasteiger partial charge in [0.1, 0.15) is 6.61 Å². The van der Waals surface area contributed by atoms with E-state index >= 15 is 0 Å². The molecule has 7 heteroatoms. The van der Waals surface area contributed by atoms with Gasteiger partial charge in [-0.2, -0.15) is 0 Å². The van der Waals surface area contributed by atoms with Gasteiger partial charge in [-0.15, -0.1) is 0 Å². The molecule has 29 heavy (non-hydrogen) atoms. The third-order valence-electron chi connectivity index (χ3n) is 6.62. The van der Waals surface area contributed by atoms with E-state index in [9.17, 15) is 23.5 Å². The van der Waals surface area contributed by atoms with Crippen molar-refractivity contribution in [1.29, 1.82) is 0 Å². The summed E-state index contributed by atoms with van der Waals surface area (Å²) in [6.07, 6.45) is -1.24. The molecule has 2 aromatic rings. The SMILES string of the molecule is O=C(NC1(C(=O)O)C2CCC(F)(F)C21)OCC1c2ccccc2-c2ccccc21. The number of halogens is 2. The third kappa shape index (κ3) is 2.49. The molecule has 0 bridgehead atoms. The van der Waals surface area contributed by atoms with E-state index in [4.69, 9.17) is 4.74 Å². The van der Waals surface area contributed by atoms with Crippen LogP contribution in [0.2, 0.25) is 0 Å². The summed E-state index contributed by atoms with van der Waals surface area (Å²) < 4.78 is 33.3. The average molecular weight is 399 g/mol. The summed E-state index contributed by atoms with van der Waals surface area (Å²) >= 11 is 0. The van der Waals surface area contributed by atoms with Crippen molar-refractivity contribution < 1.29 is 28.2 Å². The van der Waals surface area contributed by atoms with E-state index in [1.165, 1.54) is 0 Å². The molecule has 2 N–H and O–H groups in total. The molecule has 5 nitrogen and oxygen atoms in total. The fraction of sp³-hybridized carbons (Fsp3) is 0.364. The zero-order valence-corrected chi connectivity index (χ0v) is 15.4. The molecular weight excluding hydrogens is 380 g/mol. The van der Waals surface area contributed by atoms with Crippen LogP contribution < -0.4 is 5.32 Å². The molecule has 2 aromatic carbocycles. The van der Waals surface area contributed by atoms with Crippen LogP contribution in [0.4, 0.5) is 13.6 Å². The van der Waals surface area contributed by atoms with E-state index in [1.807, 2.05) is 48.5 Å². The molecule has 2 fully saturated rings. The molecule has 0 aliphatic heterocycles. The lowest BCUT2D eigenvalue weighted by molar-refractivity contribution is -0.144. The van der Waals surface area contributed by atoms with E-state index in [1.54, 1.807) is 0 Å². The molecule has 2 saturated carbocycles. The summed E-state index contributed by atoms with van der Waals surface area (Å²) in [4.78, 5) is 24.1. The first kappa shape index (κ1) is 18.1. The first-order valence-corrected chi connectivity index (χ1v) is 9.60. The molecule has 0 heterocycles. The maximum Gasteiger partial charge on any atom is 0.408 e. The Hall–Kier alpha value is -2.96. The van der Waals surface area contributed by atoms with Crippen molar-refractivity contribution in [3.05, 3.63) is 59.7 Å². The van der Waals surface area contributed by atoms with Gasteiger partial charge < -0.3 is 15.2 Å². The van der Waals surface area contributed by atoms with Crippen molar-refractivity contribution in [3.8, 4) is 11.1 Å². The van der Waals surface area contributed by atoms with Gasteiger partial charge in [0.15, 0.2) is 5.54 Å². The molecule has 3 aliphatic carbocycles. The Bertz CT molecular complexity index is 978. The van der Waals surface area contributed by atoms with Gasteiger partial charge in [-0.05, 0) is 28.7 Å². The van der Waals surface area contributed by atoms with Gasteiger partial charge in [0.05, 0.1) is 5.92 Å². The summed E-state index contributed by atoms with van der Waals surface area (Å²) in [5.74, 6) is -6.82. The van der Waals surface area contributed by atoms with Crippen LogP contribution in [0.3, 0.4) is 0 Å². The number of hydrogen-bond acceptors (Lipinski definition) is 3. The quantitative estimate of drug-likeness (QED) is 0.814. The van der Waals surface area contributed by atoms with Gasteiger partial charge in [0.2, 0.25) is 0 Å². The zero-order chi connectivity index (χ0) is 20.4. The van der Waals surface area contributed by atoms with Gasteiger partial charge in [0.25, 0.3) is 5.92 Å². The molecule has 5 rings (SSSR count). The number of alkyl halides is 2. The molecule has 0 radical (unpaired) electrons. The Morgan fingerprint density at radius 2 is 1.66 bits per heavy atom. The summed E-state index contributed by atoms with van der Waals surface area (Å²) in [5, 5.41) is 11.8. The van der Waals surface area contributed by atoms with Crippen LogP contribution >= 0.6 is 0 Å². The monoisotopic (exact) mass is 399 g/mol.